The van der Waals surface area contributed by atoms with E-state index in [2.05, 4.69) is 20.7 Å². The Morgan fingerprint density at radius 2 is 2.00 bits per heavy atom. The van der Waals surface area contributed by atoms with E-state index in [1.807, 2.05) is 0 Å². The fraction of sp³-hybridized carbons (Fsp3) is 0.462. The van der Waals surface area contributed by atoms with E-state index in [9.17, 15) is 13.2 Å². The van der Waals surface area contributed by atoms with Crippen molar-refractivity contribution in [2.75, 3.05) is 7.11 Å². The van der Waals surface area contributed by atoms with Crippen LogP contribution in [-0.2, 0) is 14.8 Å². The number of sulfonamides is 1. The highest BCUT2D eigenvalue weighted by atomic mass is 79.9. The van der Waals surface area contributed by atoms with Crippen LogP contribution in [0.2, 0.25) is 0 Å². The molecule has 0 atom stereocenters. The molecular formula is C13H18BrNO5S. The van der Waals surface area contributed by atoms with Gasteiger partial charge in [-0.1, -0.05) is 15.9 Å². The number of rotatable bonds is 7. The summed E-state index contributed by atoms with van der Waals surface area (Å²) in [4.78, 5) is 10.7. The van der Waals surface area contributed by atoms with Crippen molar-refractivity contribution in [1.29, 1.82) is 0 Å². The molecule has 1 aromatic carbocycles. The molecule has 21 heavy (non-hydrogen) atoms. The second-order valence-electron chi connectivity index (χ2n) is 5.21. The molecule has 0 amide bonds. The number of ether oxygens (including phenoxy) is 1. The van der Waals surface area contributed by atoms with Gasteiger partial charge in [0.25, 0.3) is 0 Å². The molecule has 0 saturated heterocycles. The number of methoxy groups -OCH3 is 1. The molecule has 2 N–H and O–H groups in total. The van der Waals surface area contributed by atoms with E-state index in [-0.39, 0.29) is 17.7 Å². The average molecular weight is 380 g/mol. The Morgan fingerprint density at radius 3 is 2.52 bits per heavy atom. The van der Waals surface area contributed by atoms with Crippen LogP contribution in [0.15, 0.2) is 27.6 Å². The minimum absolute atomic E-state index is 0.0529. The van der Waals surface area contributed by atoms with Crippen LogP contribution in [0.4, 0.5) is 0 Å². The number of aliphatic carboxylic acids is 1. The summed E-state index contributed by atoms with van der Waals surface area (Å²) < 4.78 is 32.9. The Hall–Kier alpha value is -1.12. The molecule has 0 heterocycles. The van der Waals surface area contributed by atoms with Crippen molar-refractivity contribution in [3.8, 4) is 5.75 Å². The van der Waals surface area contributed by atoms with Crippen molar-refractivity contribution < 1.29 is 23.1 Å². The fourth-order valence-electron chi connectivity index (χ4n) is 1.70. The summed E-state index contributed by atoms with van der Waals surface area (Å²) in [5, 5.41) is 8.70. The number of hydrogen-bond donors (Lipinski definition) is 2. The zero-order chi connectivity index (χ0) is 16.3. The van der Waals surface area contributed by atoms with Crippen LogP contribution in [0.1, 0.15) is 26.7 Å². The predicted octanol–water partition coefficient (Wildman–Crippen LogP) is 2.38. The summed E-state index contributed by atoms with van der Waals surface area (Å²) in [5.74, 6) is -0.556. The second kappa shape index (κ2) is 6.76. The third-order valence-electron chi connectivity index (χ3n) is 2.77. The number of halogens is 1. The van der Waals surface area contributed by atoms with E-state index >= 15 is 0 Å². The van der Waals surface area contributed by atoms with E-state index < -0.39 is 21.5 Å². The zero-order valence-electron chi connectivity index (χ0n) is 12.0. The smallest absolute Gasteiger partial charge is 0.303 e. The van der Waals surface area contributed by atoms with E-state index in [1.54, 1.807) is 19.9 Å². The lowest BCUT2D eigenvalue weighted by atomic mass is 10.0. The van der Waals surface area contributed by atoms with Crippen LogP contribution < -0.4 is 9.46 Å². The molecule has 0 aliphatic heterocycles. The van der Waals surface area contributed by atoms with Gasteiger partial charge in [-0.15, -0.1) is 0 Å². The van der Waals surface area contributed by atoms with Gasteiger partial charge < -0.3 is 9.84 Å². The Balaban J connectivity index is 3.00. The summed E-state index contributed by atoms with van der Waals surface area (Å²) in [5.41, 5.74) is -0.868. The highest BCUT2D eigenvalue weighted by Crippen LogP contribution is 2.25. The van der Waals surface area contributed by atoms with Gasteiger partial charge in [0, 0.05) is 22.5 Å². The highest BCUT2D eigenvalue weighted by Gasteiger charge is 2.27. The molecule has 1 aromatic rings. The first-order valence-corrected chi connectivity index (χ1v) is 8.44. The molecule has 8 heteroatoms. The standard InChI is InChI=1S/C13H18BrNO5S/c1-13(2,5-4-12(16)17)15-21(18,19)11-7-9(14)6-10(8-11)20-3/h6-8,15H,4-5H2,1-3H3,(H,16,17). The molecule has 0 saturated carbocycles. The number of carboxylic acids is 1. The van der Waals surface area contributed by atoms with Gasteiger partial charge in [0.1, 0.15) is 5.75 Å². The maximum absolute atomic E-state index is 12.4. The first-order valence-electron chi connectivity index (χ1n) is 6.16. The fourth-order valence-corrected chi connectivity index (χ4v) is 3.83. The summed E-state index contributed by atoms with van der Waals surface area (Å²) in [7, 11) is -2.33. The average Bonchev–Trinajstić information content (AvgIpc) is 2.34. The molecule has 1 rings (SSSR count). The number of nitrogens with one attached hydrogen (secondary N) is 1. The lowest BCUT2D eigenvalue weighted by molar-refractivity contribution is -0.137. The molecule has 0 fully saturated rings. The predicted molar refractivity (Wildman–Crippen MR) is 82.0 cm³/mol. The molecule has 0 aromatic heterocycles. The third-order valence-corrected chi connectivity index (χ3v) is 4.90. The van der Waals surface area contributed by atoms with E-state index in [4.69, 9.17) is 9.84 Å². The monoisotopic (exact) mass is 379 g/mol. The van der Waals surface area contributed by atoms with Crippen molar-refractivity contribution in [3.05, 3.63) is 22.7 Å². The lowest BCUT2D eigenvalue weighted by Gasteiger charge is -2.25. The van der Waals surface area contributed by atoms with Crippen LogP contribution in [0, 0.1) is 0 Å². The van der Waals surface area contributed by atoms with E-state index in [0.717, 1.165) is 0 Å². The topological polar surface area (TPSA) is 92.7 Å². The van der Waals surface area contributed by atoms with Crippen molar-refractivity contribution in [1.82, 2.24) is 4.72 Å². The molecule has 0 bridgehead atoms. The Morgan fingerprint density at radius 1 is 1.38 bits per heavy atom. The number of carbonyl (C=O) groups is 1. The first-order chi connectivity index (χ1) is 9.55. The number of benzene rings is 1. The molecule has 0 radical (unpaired) electrons. The zero-order valence-corrected chi connectivity index (χ0v) is 14.4. The van der Waals surface area contributed by atoms with Gasteiger partial charge in [0.2, 0.25) is 10.0 Å². The van der Waals surface area contributed by atoms with Gasteiger partial charge in [-0.25, -0.2) is 13.1 Å². The van der Waals surface area contributed by atoms with Crippen LogP contribution in [0.3, 0.4) is 0 Å². The van der Waals surface area contributed by atoms with Crippen molar-refractivity contribution in [3.63, 3.8) is 0 Å². The molecule has 118 valence electrons. The van der Waals surface area contributed by atoms with Gasteiger partial charge in [-0.3, -0.25) is 4.79 Å². The summed E-state index contributed by atoms with van der Waals surface area (Å²) >= 11 is 3.23. The van der Waals surface area contributed by atoms with Crippen molar-refractivity contribution >= 4 is 31.9 Å². The third kappa shape index (κ3) is 5.64. The van der Waals surface area contributed by atoms with Gasteiger partial charge in [0.15, 0.2) is 0 Å². The normalized spacial score (nSPS) is 12.2. The Bertz CT molecular complexity index is 627. The van der Waals surface area contributed by atoms with Crippen LogP contribution in [0.25, 0.3) is 0 Å². The van der Waals surface area contributed by atoms with Gasteiger partial charge >= 0.3 is 5.97 Å². The van der Waals surface area contributed by atoms with Gasteiger partial charge in [-0.05, 0) is 32.4 Å². The molecular weight excluding hydrogens is 362 g/mol. The molecule has 0 spiro atoms. The Kier molecular flexibility index (Phi) is 5.77. The summed E-state index contributed by atoms with van der Waals surface area (Å²) in [6.07, 6.45) is 0.0734. The molecule has 0 unspecified atom stereocenters. The Labute approximate surface area is 132 Å². The van der Waals surface area contributed by atoms with E-state index in [0.29, 0.717) is 10.2 Å². The number of hydrogen-bond acceptors (Lipinski definition) is 4. The van der Waals surface area contributed by atoms with Crippen molar-refractivity contribution in [2.45, 2.75) is 37.1 Å². The van der Waals surface area contributed by atoms with Gasteiger partial charge in [0.05, 0.1) is 12.0 Å². The van der Waals surface area contributed by atoms with Crippen LogP contribution >= 0.6 is 15.9 Å². The summed E-state index contributed by atoms with van der Waals surface area (Å²) in [6.45, 7) is 3.28. The van der Waals surface area contributed by atoms with Crippen molar-refractivity contribution in [2.24, 2.45) is 0 Å². The number of carboxylic acid groups (broad SMARTS) is 1. The molecule has 0 aliphatic rings. The van der Waals surface area contributed by atoms with Gasteiger partial charge in [-0.2, -0.15) is 0 Å². The first kappa shape index (κ1) is 17.9. The summed E-state index contributed by atoms with van der Waals surface area (Å²) in [6, 6.07) is 4.51. The van der Waals surface area contributed by atoms with E-state index in [1.165, 1.54) is 19.2 Å². The highest BCUT2D eigenvalue weighted by molar-refractivity contribution is 9.10. The van der Waals surface area contributed by atoms with Crippen LogP contribution in [0.5, 0.6) is 5.75 Å². The largest absolute Gasteiger partial charge is 0.497 e. The second-order valence-corrected chi connectivity index (χ2v) is 7.81. The molecule has 0 aliphatic carbocycles. The quantitative estimate of drug-likeness (QED) is 0.758. The minimum atomic E-state index is -3.77. The lowest BCUT2D eigenvalue weighted by Crippen LogP contribution is -2.43. The maximum Gasteiger partial charge on any atom is 0.303 e. The molecule has 6 nitrogen and oxygen atoms in total. The SMILES string of the molecule is COc1cc(Br)cc(S(=O)(=O)NC(C)(C)CCC(=O)O)c1. The minimum Gasteiger partial charge on any atom is -0.497 e. The maximum atomic E-state index is 12.4. The van der Waals surface area contributed by atoms with Crippen LogP contribution in [-0.4, -0.2) is 32.1 Å².